The zero-order valence-corrected chi connectivity index (χ0v) is 25.6. The van der Waals surface area contributed by atoms with Crippen molar-refractivity contribution in [3.8, 4) is 28.7 Å². The van der Waals surface area contributed by atoms with Crippen LogP contribution in [0.25, 0.3) is 0 Å². The number of aliphatic hydroxyl groups excluding tert-OH is 3. The number of hydrogen-bond donors (Lipinski definition) is 5. The Kier molecular flexibility index (Phi) is 10.7. The van der Waals surface area contributed by atoms with Gasteiger partial charge in [-0.25, -0.2) is 0 Å². The van der Waals surface area contributed by atoms with Crippen LogP contribution in [0, 0.1) is 0 Å². The first-order valence-electron chi connectivity index (χ1n) is 15.4. The van der Waals surface area contributed by atoms with Gasteiger partial charge in [0, 0.05) is 37.0 Å². The molecule has 4 aliphatic heterocycles. The van der Waals surface area contributed by atoms with Gasteiger partial charge >= 0.3 is 11.9 Å². The molecule has 0 saturated carbocycles. The van der Waals surface area contributed by atoms with E-state index < -0.39 is 68.1 Å². The van der Waals surface area contributed by atoms with Gasteiger partial charge in [-0.3, -0.25) is 9.59 Å². The maximum atomic E-state index is 11.9. The molecule has 6 N–H and O–H groups in total. The summed E-state index contributed by atoms with van der Waals surface area (Å²) in [6.45, 7) is -0.447. The van der Waals surface area contributed by atoms with Gasteiger partial charge in [-0.15, -0.1) is 0 Å². The van der Waals surface area contributed by atoms with Crippen molar-refractivity contribution in [3.63, 3.8) is 0 Å². The molecule has 0 radical (unpaired) electrons. The van der Waals surface area contributed by atoms with Crippen LogP contribution < -0.4 is 29.6 Å². The van der Waals surface area contributed by atoms with E-state index in [1.54, 1.807) is 24.3 Å². The highest BCUT2D eigenvalue weighted by Crippen LogP contribution is 2.55. The van der Waals surface area contributed by atoms with Crippen LogP contribution in [0.15, 0.2) is 30.3 Å². The van der Waals surface area contributed by atoms with E-state index in [0.29, 0.717) is 35.2 Å². The number of fused-ring (bicyclic) bond motifs is 6. The number of aliphatic carboxylic acids is 1. The third-order valence-electron chi connectivity index (χ3n) is 8.06. The number of carbonyl (C=O) groups is 2. The number of aliphatic hydroxyl groups is 3. The summed E-state index contributed by atoms with van der Waals surface area (Å²) in [6, 6.07) is 8.55. The Hall–Kier alpha value is -3.94. The third-order valence-corrected chi connectivity index (χ3v) is 8.06. The number of carbonyl (C=O) groups excluding carboxylic acids is 1. The molecule has 0 unspecified atom stereocenters. The predicted molar refractivity (Wildman–Crippen MR) is 156 cm³/mol. The van der Waals surface area contributed by atoms with E-state index in [1.165, 1.54) is 0 Å². The van der Waals surface area contributed by atoms with Gasteiger partial charge in [0.2, 0.25) is 0 Å². The van der Waals surface area contributed by atoms with Crippen molar-refractivity contribution in [2.24, 2.45) is 5.73 Å². The summed E-state index contributed by atoms with van der Waals surface area (Å²) in [4.78, 5) is 34.2. The fourth-order valence-electron chi connectivity index (χ4n) is 5.87. The van der Waals surface area contributed by atoms with Crippen LogP contribution in [-0.2, 0) is 33.4 Å². The van der Waals surface area contributed by atoms with Gasteiger partial charge in [-0.1, -0.05) is 0 Å². The minimum absolute atomic E-state index is 0.0100. The van der Waals surface area contributed by atoms with Crippen molar-refractivity contribution in [1.29, 1.82) is 0 Å². The van der Waals surface area contributed by atoms with Crippen LogP contribution in [0.2, 0.25) is 0 Å². The molecule has 0 aromatic heterocycles. The van der Waals surface area contributed by atoms with Gasteiger partial charge in [0.15, 0.2) is 29.6 Å². The Bertz CT molecular complexity index is 1460. The number of carboxylic acid groups (broad SMARTS) is 1. The summed E-state index contributed by atoms with van der Waals surface area (Å²) in [5, 5.41) is 38.9. The quantitative estimate of drug-likeness (QED) is 0.0544. The number of benzene rings is 2. The highest BCUT2D eigenvalue weighted by atomic mass is 17.2. The van der Waals surface area contributed by atoms with E-state index in [2.05, 4.69) is 0 Å². The molecule has 0 aliphatic carbocycles. The zero-order chi connectivity index (χ0) is 33.8. The summed E-state index contributed by atoms with van der Waals surface area (Å²) in [5.41, 5.74) is 7.17. The third kappa shape index (κ3) is 7.23. The molecule has 262 valence electrons. The van der Waals surface area contributed by atoms with Crippen molar-refractivity contribution in [1.82, 2.24) is 0 Å². The number of esters is 1. The summed E-state index contributed by atoms with van der Waals surface area (Å²) >= 11 is 0. The smallest absolute Gasteiger partial charge is 0.317 e. The summed E-state index contributed by atoms with van der Waals surface area (Å²) in [7, 11) is 0. The summed E-state index contributed by atoms with van der Waals surface area (Å²) in [6.07, 6.45) is -8.09. The Morgan fingerprint density at radius 3 is 2.50 bits per heavy atom. The van der Waals surface area contributed by atoms with Crippen LogP contribution in [0.5, 0.6) is 28.7 Å². The van der Waals surface area contributed by atoms with E-state index >= 15 is 0 Å². The van der Waals surface area contributed by atoms with Gasteiger partial charge < -0.3 is 68.9 Å². The van der Waals surface area contributed by atoms with Crippen molar-refractivity contribution >= 4 is 11.9 Å². The predicted octanol–water partition coefficient (Wildman–Crippen LogP) is -0.0885. The normalized spacial score (nSPS) is 28.0. The molecular formula is C31H37NO16. The highest BCUT2D eigenvalue weighted by molar-refractivity contribution is 5.90. The average Bonchev–Trinajstić information content (AvgIpc) is 3.65. The Morgan fingerprint density at radius 1 is 0.938 bits per heavy atom. The monoisotopic (exact) mass is 679 g/mol. The van der Waals surface area contributed by atoms with Crippen LogP contribution in [-0.4, -0.2) is 116 Å². The molecule has 8 atom stereocenters. The van der Waals surface area contributed by atoms with Crippen LogP contribution in [0.3, 0.4) is 0 Å². The molecule has 0 amide bonds. The fraction of sp³-hybridized carbons (Fsp3) is 0.548. The molecular weight excluding hydrogens is 642 g/mol. The minimum Gasteiger partial charge on any atom is -0.492 e. The Morgan fingerprint density at radius 2 is 1.75 bits per heavy atom. The van der Waals surface area contributed by atoms with E-state index in [4.69, 9.17) is 58.5 Å². The van der Waals surface area contributed by atoms with E-state index in [-0.39, 0.29) is 51.1 Å². The second-order valence-corrected chi connectivity index (χ2v) is 11.3. The average molecular weight is 680 g/mol. The molecule has 1 fully saturated rings. The van der Waals surface area contributed by atoms with Crippen LogP contribution >= 0.6 is 0 Å². The maximum Gasteiger partial charge on any atom is 0.317 e. The molecule has 1 saturated heterocycles. The molecule has 0 bridgehead atoms. The first kappa shape index (κ1) is 33.9. The number of ether oxygens (including phenoxy) is 8. The van der Waals surface area contributed by atoms with Gasteiger partial charge in [-0.2, -0.15) is 4.89 Å². The van der Waals surface area contributed by atoms with Crippen LogP contribution in [0.1, 0.15) is 36.0 Å². The first-order valence-corrected chi connectivity index (χ1v) is 15.4. The zero-order valence-electron chi connectivity index (χ0n) is 25.6. The highest BCUT2D eigenvalue weighted by Gasteiger charge is 2.49. The molecule has 2 aromatic carbocycles. The number of rotatable bonds is 15. The van der Waals surface area contributed by atoms with E-state index in [9.17, 15) is 24.9 Å². The molecule has 48 heavy (non-hydrogen) atoms. The lowest BCUT2D eigenvalue weighted by Gasteiger charge is -2.42. The van der Waals surface area contributed by atoms with Gasteiger partial charge in [0.1, 0.15) is 55.5 Å². The first-order chi connectivity index (χ1) is 23.3. The van der Waals surface area contributed by atoms with Crippen molar-refractivity contribution in [3.05, 3.63) is 41.5 Å². The number of hydrogen-bond acceptors (Lipinski definition) is 16. The molecule has 6 rings (SSSR count). The maximum absolute atomic E-state index is 11.9. The lowest BCUT2D eigenvalue weighted by atomic mass is 9.89. The minimum atomic E-state index is -1.46. The second-order valence-electron chi connectivity index (χ2n) is 11.3. The fourth-order valence-corrected chi connectivity index (χ4v) is 5.87. The topological polar surface area (TPSA) is 233 Å². The molecule has 0 spiro atoms. The number of carboxylic acids is 1. The van der Waals surface area contributed by atoms with Crippen molar-refractivity contribution in [2.45, 2.75) is 61.9 Å². The standard InChI is InChI=1S/C31H37NO16/c32-4-7-40-31-30(27(38)29(39-6-1-5-33)23(46-31)14-42-25(37)11-24(35)36)48-47-15-2-3-19-17(8-15)28-18(13-41-19)16-9-21-22(10-20(16)45-28)44-26(12-34)43-21/h2-3,8-10,18,23,26-31,33-34,38H,1,4-7,11-14,32H2,(H,35,36)/t18-,23-,26-,27+,28-,29-,30-,31-/m1/s1. The second kappa shape index (κ2) is 15.1. The number of nitrogens with two attached hydrogens (primary N) is 1. The van der Waals surface area contributed by atoms with Crippen molar-refractivity contribution in [2.75, 3.05) is 46.2 Å². The van der Waals surface area contributed by atoms with Crippen LogP contribution in [0.4, 0.5) is 0 Å². The largest absolute Gasteiger partial charge is 0.492 e. The van der Waals surface area contributed by atoms with Gasteiger partial charge in [-0.05, 0) is 30.7 Å². The summed E-state index contributed by atoms with van der Waals surface area (Å²) < 4.78 is 46.1. The summed E-state index contributed by atoms with van der Waals surface area (Å²) in [5.74, 6) is -0.152. The van der Waals surface area contributed by atoms with E-state index in [1.807, 2.05) is 6.07 Å². The molecule has 17 nitrogen and oxygen atoms in total. The molecule has 4 heterocycles. The van der Waals surface area contributed by atoms with Gasteiger partial charge in [0.05, 0.1) is 19.1 Å². The lowest BCUT2D eigenvalue weighted by Crippen LogP contribution is -2.61. The lowest BCUT2D eigenvalue weighted by molar-refractivity contribution is -0.375. The van der Waals surface area contributed by atoms with Gasteiger partial charge in [0.25, 0.3) is 6.29 Å². The SMILES string of the molecule is NCCO[C@@H]1O[C@H](COC(=O)CC(=O)O)[C@@H](OCCCO)[C@H](O)[C@H]1OOc1ccc2c(c1)[C@H]1Oc3cc4c(cc3[C@H]1CO2)O[C@@H](CO)O4. The Balaban J connectivity index is 1.16. The molecule has 17 heteroatoms. The molecule has 4 aliphatic rings. The van der Waals surface area contributed by atoms with Crippen molar-refractivity contribution < 1.29 is 77.7 Å². The Labute approximate surface area is 273 Å². The molecule has 2 aromatic rings. The van der Waals surface area contributed by atoms with E-state index in [0.717, 1.165) is 5.56 Å².